The van der Waals surface area contributed by atoms with E-state index in [1.807, 2.05) is 31.2 Å². The van der Waals surface area contributed by atoms with Crippen molar-refractivity contribution in [3.8, 4) is 11.8 Å². The van der Waals surface area contributed by atoms with E-state index in [1.54, 1.807) is 18.9 Å². The second-order valence-electron chi connectivity index (χ2n) is 4.20. The van der Waals surface area contributed by atoms with Crippen molar-refractivity contribution < 1.29 is 4.74 Å². The van der Waals surface area contributed by atoms with Crippen LogP contribution in [0.1, 0.15) is 11.1 Å². The lowest BCUT2D eigenvalue weighted by Gasteiger charge is -2.07. The highest BCUT2D eigenvalue weighted by molar-refractivity contribution is 7.99. The number of hydrogen-bond donors (Lipinski definition) is 0. The Morgan fingerprint density at radius 2 is 1.95 bits per heavy atom. The van der Waals surface area contributed by atoms with Gasteiger partial charge in [0.05, 0.1) is 19.6 Å². The van der Waals surface area contributed by atoms with Gasteiger partial charge in [-0.1, -0.05) is 23.9 Å². The summed E-state index contributed by atoms with van der Waals surface area (Å²) >= 11 is 1.70. The van der Waals surface area contributed by atoms with Crippen molar-refractivity contribution in [2.24, 2.45) is 0 Å². The van der Waals surface area contributed by atoms with Gasteiger partial charge in [0.1, 0.15) is 5.75 Å². The van der Waals surface area contributed by atoms with Gasteiger partial charge in [-0.25, -0.2) is 0 Å². The second-order valence-corrected chi connectivity index (χ2v) is 5.35. The van der Waals surface area contributed by atoms with Crippen LogP contribution in [0.5, 0.6) is 5.75 Å². The summed E-state index contributed by atoms with van der Waals surface area (Å²) in [6.07, 6.45) is 0.468. The summed E-state index contributed by atoms with van der Waals surface area (Å²) in [5, 5.41) is 8.74. The van der Waals surface area contributed by atoms with E-state index in [0.29, 0.717) is 6.42 Å². The molecular formula is C16H15NOS. The molecule has 0 radical (unpaired) electrons. The van der Waals surface area contributed by atoms with E-state index < -0.39 is 0 Å². The highest BCUT2D eigenvalue weighted by atomic mass is 32.2. The maximum atomic E-state index is 8.74. The fourth-order valence-electron chi connectivity index (χ4n) is 1.82. The first kappa shape index (κ1) is 13.5. The van der Waals surface area contributed by atoms with Gasteiger partial charge >= 0.3 is 0 Å². The van der Waals surface area contributed by atoms with E-state index >= 15 is 0 Å². The third-order valence-electron chi connectivity index (χ3n) is 2.86. The fraction of sp³-hybridized carbons (Fsp3) is 0.188. The molecule has 0 unspecified atom stereocenters. The average Bonchev–Trinajstić information content (AvgIpc) is 2.42. The van der Waals surface area contributed by atoms with Crippen molar-refractivity contribution in [1.82, 2.24) is 0 Å². The van der Waals surface area contributed by atoms with E-state index in [2.05, 4.69) is 24.3 Å². The monoisotopic (exact) mass is 269 g/mol. The molecule has 2 nitrogen and oxygen atoms in total. The Morgan fingerprint density at radius 1 is 1.16 bits per heavy atom. The zero-order valence-corrected chi connectivity index (χ0v) is 11.8. The molecule has 0 atom stereocenters. The predicted octanol–water partition coefficient (Wildman–Crippen LogP) is 4.22. The van der Waals surface area contributed by atoms with Crippen LogP contribution in [-0.4, -0.2) is 7.11 Å². The number of hydrogen-bond acceptors (Lipinski definition) is 3. The normalized spacial score (nSPS) is 9.95. The lowest BCUT2D eigenvalue weighted by Crippen LogP contribution is -1.87. The molecule has 2 aromatic carbocycles. The Balaban J connectivity index is 2.19. The van der Waals surface area contributed by atoms with Gasteiger partial charge in [-0.15, -0.1) is 0 Å². The van der Waals surface area contributed by atoms with Gasteiger partial charge in [-0.05, 0) is 48.4 Å². The summed E-state index contributed by atoms with van der Waals surface area (Å²) in [4.78, 5) is 2.32. The summed E-state index contributed by atoms with van der Waals surface area (Å²) in [7, 11) is 1.67. The molecule has 0 bridgehead atoms. The molecule has 96 valence electrons. The molecule has 0 aliphatic carbocycles. The minimum absolute atomic E-state index is 0.468. The number of methoxy groups -OCH3 is 1. The molecule has 2 rings (SSSR count). The van der Waals surface area contributed by atoms with E-state index in [9.17, 15) is 0 Å². The number of ether oxygens (including phenoxy) is 1. The van der Waals surface area contributed by atoms with Gasteiger partial charge in [0.15, 0.2) is 0 Å². The average molecular weight is 269 g/mol. The highest BCUT2D eigenvalue weighted by Crippen LogP contribution is 2.31. The van der Waals surface area contributed by atoms with E-state index in [4.69, 9.17) is 10.00 Å². The van der Waals surface area contributed by atoms with Gasteiger partial charge < -0.3 is 4.74 Å². The third kappa shape index (κ3) is 3.52. The maximum absolute atomic E-state index is 8.74. The Kier molecular flexibility index (Phi) is 4.48. The largest absolute Gasteiger partial charge is 0.497 e. The number of benzene rings is 2. The van der Waals surface area contributed by atoms with Crippen LogP contribution < -0.4 is 4.74 Å². The number of rotatable bonds is 4. The molecule has 0 saturated carbocycles. The van der Waals surface area contributed by atoms with Gasteiger partial charge in [0, 0.05) is 9.79 Å². The van der Waals surface area contributed by atoms with Crippen LogP contribution in [0.3, 0.4) is 0 Å². The minimum atomic E-state index is 0.468. The lowest BCUT2D eigenvalue weighted by molar-refractivity contribution is 0.413. The Morgan fingerprint density at radius 3 is 2.63 bits per heavy atom. The van der Waals surface area contributed by atoms with Crippen molar-refractivity contribution >= 4 is 11.8 Å². The smallest absolute Gasteiger partial charge is 0.119 e. The third-order valence-corrected chi connectivity index (χ3v) is 3.84. The molecule has 0 aliphatic rings. The SMILES string of the molecule is COc1cccc(Sc2ccc(CC#N)c(C)c2)c1. The van der Waals surface area contributed by atoms with Crippen molar-refractivity contribution in [2.75, 3.05) is 7.11 Å². The van der Waals surface area contributed by atoms with E-state index in [1.165, 1.54) is 4.90 Å². The zero-order valence-electron chi connectivity index (χ0n) is 11.0. The minimum Gasteiger partial charge on any atom is -0.497 e. The van der Waals surface area contributed by atoms with Gasteiger partial charge in [-0.2, -0.15) is 5.26 Å². The van der Waals surface area contributed by atoms with Crippen molar-refractivity contribution in [3.63, 3.8) is 0 Å². The summed E-state index contributed by atoms with van der Waals surface area (Å²) in [6, 6.07) is 16.4. The first-order valence-electron chi connectivity index (χ1n) is 6.01. The fourth-order valence-corrected chi connectivity index (χ4v) is 2.78. The van der Waals surface area contributed by atoms with Crippen LogP contribution in [-0.2, 0) is 6.42 Å². The van der Waals surface area contributed by atoms with Crippen molar-refractivity contribution in [3.05, 3.63) is 53.6 Å². The first-order chi connectivity index (χ1) is 9.22. The zero-order chi connectivity index (χ0) is 13.7. The Hall–Kier alpha value is -1.92. The molecule has 0 amide bonds. The van der Waals surface area contributed by atoms with Crippen LogP contribution in [0, 0.1) is 18.3 Å². The quantitative estimate of drug-likeness (QED) is 0.833. The number of nitrogens with zero attached hydrogens (tertiary/aromatic N) is 1. The Bertz CT molecular complexity index is 616. The molecule has 0 aromatic heterocycles. The predicted molar refractivity (Wildman–Crippen MR) is 77.6 cm³/mol. The topological polar surface area (TPSA) is 33.0 Å². The van der Waals surface area contributed by atoms with Crippen LogP contribution >= 0.6 is 11.8 Å². The molecular weight excluding hydrogens is 254 g/mol. The molecule has 3 heteroatoms. The summed E-state index contributed by atoms with van der Waals surface area (Å²) in [6.45, 7) is 2.04. The molecule has 0 aliphatic heterocycles. The van der Waals surface area contributed by atoms with E-state index in [-0.39, 0.29) is 0 Å². The molecule has 0 N–H and O–H groups in total. The van der Waals surface area contributed by atoms with E-state index in [0.717, 1.165) is 21.8 Å². The molecule has 2 aromatic rings. The van der Waals surface area contributed by atoms with Crippen LogP contribution in [0.15, 0.2) is 52.3 Å². The molecule has 0 heterocycles. The maximum Gasteiger partial charge on any atom is 0.119 e. The first-order valence-corrected chi connectivity index (χ1v) is 6.83. The number of aryl methyl sites for hydroxylation is 1. The van der Waals surface area contributed by atoms with Gasteiger partial charge in [0.2, 0.25) is 0 Å². The second kappa shape index (κ2) is 6.31. The number of nitriles is 1. The summed E-state index contributed by atoms with van der Waals surface area (Å²) < 4.78 is 5.22. The Labute approximate surface area is 118 Å². The van der Waals surface area contributed by atoms with Crippen LogP contribution in [0.25, 0.3) is 0 Å². The standard InChI is InChI=1S/C16H15NOS/c1-12-10-16(7-6-13(12)8-9-17)19-15-5-3-4-14(11-15)18-2/h3-7,10-11H,8H2,1-2H3. The lowest BCUT2D eigenvalue weighted by atomic mass is 10.1. The van der Waals surface area contributed by atoms with Crippen molar-refractivity contribution in [1.29, 1.82) is 5.26 Å². The van der Waals surface area contributed by atoms with Gasteiger partial charge in [0.25, 0.3) is 0 Å². The van der Waals surface area contributed by atoms with Crippen LogP contribution in [0.2, 0.25) is 0 Å². The van der Waals surface area contributed by atoms with Gasteiger partial charge in [-0.3, -0.25) is 0 Å². The van der Waals surface area contributed by atoms with Crippen molar-refractivity contribution in [2.45, 2.75) is 23.1 Å². The summed E-state index contributed by atoms with van der Waals surface area (Å²) in [5.74, 6) is 0.864. The van der Waals surface area contributed by atoms with Crippen LogP contribution in [0.4, 0.5) is 0 Å². The molecule has 19 heavy (non-hydrogen) atoms. The summed E-state index contributed by atoms with van der Waals surface area (Å²) in [5.41, 5.74) is 2.26. The molecule has 0 fully saturated rings. The molecule has 0 spiro atoms. The molecule has 0 saturated heterocycles. The highest BCUT2D eigenvalue weighted by Gasteiger charge is 2.03.